The number of carbonyl (C=O) groups is 1. The number of hydrogen-bond donors (Lipinski definition) is 2. The van der Waals surface area contributed by atoms with Gasteiger partial charge in [0.15, 0.2) is 0 Å². The van der Waals surface area contributed by atoms with E-state index in [0.717, 1.165) is 12.8 Å². The van der Waals surface area contributed by atoms with Crippen LogP contribution in [-0.2, 0) is 6.54 Å². The van der Waals surface area contributed by atoms with Crippen LogP contribution in [0, 0.1) is 0 Å². The zero-order chi connectivity index (χ0) is 19.4. The molecule has 0 aliphatic carbocycles. The van der Waals surface area contributed by atoms with Crippen LogP contribution in [0.15, 0.2) is 53.3 Å². The molecule has 2 aromatic carbocycles. The molecule has 3 aromatic rings. The third-order valence-electron chi connectivity index (χ3n) is 4.44. The number of fused-ring (bicyclic) bond motifs is 1. The van der Waals surface area contributed by atoms with Gasteiger partial charge < -0.3 is 19.7 Å². The average molecular weight is 366 g/mol. The minimum Gasteiger partial charge on any atom is -0.506 e. The van der Waals surface area contributed by atoms with Crippen molar-refractivity contribution in [2.45, 2.75) is 26.3 Å². The topological polar surface area (TPSA) is 80.6 Å². The lowest BCUT2D eigenvalue weighted by Gasteiger charge is -2.15. The maximum absolute atomic E-state index is 13.0. The van der Waals surface area contributed by atoms with Gasteiger partial charge in [0.25, 0.3) is 11.5 Å². The molecule has 6 heteroatoms. The Balaban J connectivity index is 2.09. The predicted molar refractivity (Wildman–Crippen MR) is 106 cm³/mol. The van der Waals surface area contributed by atoms with Gasteiger partial charge >= 0.3 is 0 Å². The zero-order valence-corrected chi connectivity index (χ0v) is 15.4. The van der Waals surface area contributed by atoms with Crippen LogP contribution in [0.4, 0.5) is 5.69 Å². The van der Waals surface area contributed by atoms with E-state index in [4.69, 9.17) is 4.74 Å². The monoisotopic (exact) mass is 366 g/mol. The van der Waals surface area contributed by atoms with Crippen molar-refractivity contribution in [3.05, 3.63) is 64.4 Å². The van der Waals surface area contributed by atoms with Gasteiger partial charge in [0.05, 0.1) is 12.6 Å². The molecule has 6 nitrogen and oxygen atoms in total. The molecular weight excluding hydrogens is 344 g/mol. The zero-order valence-electron chi connectivity index (χ0n) is 15.4. The summed E-state index contributed by atoms with van der Waals surface area (Å²) in [5.74, 6) is -0.374. The molecule has 0 saturated carbocycles. The lowest BCUT2D eigenvalue weighted by molar-refractivity contribution is 0.102. The fourth-order valence-corrected chi connectivity index (χ4v) is 3.03. The molecule has 0 saturated heterocycles. The van der Waals surface area contributed by atoms with E-state index in [1.54, 1.807) is 53.1 Å². The number of unbranched alkanes of at least 4 members (excludes halogenated alkanes) is 1. The number of aromatic nitrogens is 1. The molecule has 0 unspecified atom stereocenters. The molecule has 0 spiro atoms. The van der Waals surface area contributed by atoms with Crippen molar-refractivity contribution in [1.29, 1.82) is 0 Å². The molecule has 0 bridgehead atoms. The summed E-state index contributed by atoms with van der Waals surface area (Å²) in [4.78, 5) is 25.8. The SMILES string of the molecule is CCCCn1c(=O)c(C(=O)Nc2cccc(OC)c2)c(O)c2ccccc21. The lowest BCUT2D eigenvalue weighted by Crippen LogP contribution is -2.30. The first-order valence-electron chi connectivity index (χ1n) is 8.86. The van der Waals surface area contributed by atoms with Crippen molar-refractivity contribution in [1.82, 2.24) is 4.57 Å². The van der Waals surface area contributed by atoms with E-state index in [-0.39, 0.29) is 11.3 Å². The highest BCUT2D eigenvalue weighted by atomic mass is 16.5. The highest BCUT2D eigenvalue weighted by Crippen LogP contribution is 2.27. The molecule has 0 aliphatic heterocycles. The Morgan fingerprint density at radius 1 is 1.19 bits per heavy atom. The normalized spacial score (nSPS) is 10.7. The van der Waals surface area contributed by atoms with Crippen LogP contribution in [0.3, 0.4) is 0 Å². The third-order valence-corrected chi connectivity index (χ3v) is 4.44. The number of ether oxygens (including phenoxy) is 1. The highest BCUT2D eigenvalue weighted by Gasteiger charge is 2.22. The van der Waals surface area contributed by atoms with Crippen molar-refractivity contribution in [3.8, 4) is 11.5 Å². The van der Waals surface area contributed by atoms with Crippen LogP contribution in [0.1, 0.15) is 30.1 Å². The molecular formula is C21H22N2O4. The first-order chi connectivity index (χ1) is 13.1. The second kappa shape index (κ2) is 7.95. The van der Waals surface area contributed by atoms with E-state index in [9.17, 15) is 14.7 Å². The number of nitrogens with one attached hydrogen (secondary N) is 1. The smallest absolute Gasteiger partial charge is 0.267 e. The number of methoxy groups -OCH3 is 1. The van der Waals surface area contributed by atoms with Crippen molar-refractivity contribution in [2.75, 3.05) is 12.4 Å². The Morgan fingerprint density at radius 2 is 1.96 bits per heavy atom. The number of rotatable bonds is 6. The summed E-state index contributed by atoms with van der Waals surface area (Å²) >= 11 is 0. The van der Waals surface area contributed by atoms with Crippen LogP contribution < -0.4 is 15.6 Å². The van der Waals surface area contributed by atoms with Crippen LogP contribution in [0.25, 0.3) is 10.9 Å². The van der Waals surface area contributed by atoms with Gasteiger partial charge in [-0.1, -0.05) is 31.5 Å². The van der Waals surface area contributed by atoms with E-state index in [1.807, 2.05) is 6.92 Å². The lowest BCUT2D eigenvalue weighted by atomic mass is 10.1. The van der Waals surface area contributed by atoms with Gasteiger partial charge in [-0.25, -0.2) is 0 Å². The van der Waals surface area contributed by atoms with Crippen molar-refractivity contribution < 1.29 is 14.6 Å². The number of amides is 1. The summed E-state index contributed by atoms with van der Waals surface area (Å²) in [6.45, 7) is 2.51. The summed E-state index contributed by atoms with van der Waals surface area (Å²) in [5.41, 5.74) is 0.338. The molecule has 3 rings (SSSR count). The second-order valence-electron chi connectivity index (χ2n) is 6.24. The summed E-state index contributed by atoms with van der Waals surface area (Å²) in [6, 6.07) is 13.9. The van der Waals surface area contributed by atoms with E-state index >= 15 is 0 Å². The van der Waals surface area contributed by atoms with Gasteiger partial charge in [-0.2, -0.15) is 0 Å². The fourth-order valence-electron chi connectivity index (χ4n) is 3.03. The molecule has 0 radical (unpaired) electrons. The highest BCUT2D eigenvalue weighted by molar-refractivity contribution is 6.09. The Kier molecular flexibility index (Phi) is 5.45. The fraction of sp³-hybridized carbons (Fsp3) is 0.238. The van der Waals surface area contributed by atoms with E-state index in [1.165, 1.54) is 7.11 Å². The van der Waals surface area contributed by atoms with Crippen LogP contribution in [-0.4, -0.2) is 22.7 Å². The number of hydrogen-bond acceptors (Lipinski definition) is 4. The molecule has 1 aromatic heterocycles. The first kappa shape index (κ1) is 18.5. The number of nitrogens with zero attached hydrogens (tertiary/aromatic N) is 1. The Bertz CT molecular complexity index is 1040. The van der Waals surface area contributed by atoms with Crippen LogP contribution in [0.2, 0.25) is 0 Å². The number of carbonyl (C=O) groups excluding carboxylic acids is 1. The maximum atomic E-state index is 13.0. The summed E-state index contributed by atoms with van der Waals surface area (Å²) in [6.07, 6.45) is 1.71. The van der Waals surface area contributed by atoms with Gasteiger partial charge in [0.1, 0.15) is 17.1 Å². The average Bonchev–Trinajstić information content (AvgIpc) is 2.68. The molecule has 0 atom stereocenters. The molecule has 2 N–H and O–H groups in total. The van der Waals surface area contributed by atoms with Gasteiger partial charge in [-0.15, -0.1) is 0 Å². The number of anilines is 1. The Morgan fingerprint density at radius 3 is 2.70 bits per heavy atom. The van der Waals surface area contributed by atoms with Crippen molar-refractivity contribution in [3.63, 3.8) is 0 Å². The predicted octanol–water partition coefficient (Wildman–Crippen LogP) is 3.77. The molecule has 0 fully saturated rings. The first-order valence-corrected chi connectivity index (χ1v) is 8.86. The minimum atomic E-state index is -0.651. The number of benzene rings is 2. The molecule has 1 amide bonds. The largest absolute Gasteiger partial charge is 0.506 e. The molecule has 1 heterocycles. The minimum absolute atomic E-state index is 0.257. The number of para-hydroxylation sites is 1. The van der Waals surface area contributed by atoms with Gasteiger partial charge in [-0.3, -0.25) is 9.59 Å². The van der Waals surface area contributed by atoms with Crippen LogP contribution >= 0.6 is 0 Å². The second-order valence-corrected chi connectivity index (χ2v) is 6.24. The maximum Gasteiger partial charge on any atom is 0.267 e. The quantitative estimate of drug-likeness (QED) is 0.696. The van der Waals surface area contributed by atoms with Gasteiger partial charge in [0.2, 0.25) is 0 Å². The van der Waals surface area contributed by atoms with Crippen molar-refractivity contribution in [2.24, 2.45) is 0 Å². The van der Waals surface area contributed by atoms with Crippen molar-refractivity contribution >= 4 is 22.5 Å². The Labute approximate surface area is 157 Å². The number of aromatic hydroxyl groups is 1. The molecule has 140 valence electrons. The summed E-state index contributed by atoms with van der Waals surface area (Å²) in [5, 5.41) is 13.8. The third kappa shape index (κ3) is 3.65. The van der Waals surface area contributed by atoms with E-state index in [0.29, 0.717) is 28.9 Å². The summed E-state index contributed by atoms with van der Waals surface area (Å²) in [7, 11) is 1.53. The van der Waals surface area contributed by atoms with Crippen LogP contribution in [0.5, 0.6) is 11.5 Å². The summed E-state index contributed by atoms with van der Waals surface area (Å²) < 4.78 is 6.70. The molecule has 0 aliphatic rings. The van der Waals surface area contributed by atoms with E-state index in [2.05, 4.69) is 5.32 Å². The van der Waals surface area contributed by atoms with Gasteiger partial charge in [0, 0.05) is 23.7 Å². The van der Waals surface area contributed by atoms with Gasteiger partial charge in [-0.05, 0) is 30.7 Å². The number of pyridine rings is 1. The molecule has 27 heavy (non-hydrogen) atoms. The Hall–Kier alpha value is -3.28. The van der Waals surface area contributed by atoms with E-state index < -0.39 is 11.5 Å². The standard InChI is InChI=1S/C21H22N2O4/c1-3-4-12-23-17-11-6-5-10-16(17)19(24)18(21(23)26)20(25)22-14-8-7-9-15(13-14)27-2/h5-11,13,24H,3-4,12H2,1-2H3,(H,22,25). The number of aryl methyl sites for hydroxylation is 1.